The van der Waals surface area contributed by atoms with Gasteiger partial charge in [-0.3, -0.25) is 19.4 Å². The molecule has 0 radical (unpaired) electrons. The van der Waals surface area contributed by atoms with Gasteiger partial charge in [-0.15, -0.1) is 0 Å². The number of aliphatic hydroxyl groups excluding tert-OH is 2. The molecule has 0 bridgehead atoms. The summed E-state index contributed by atoms with van der Waals surface area (Å²) < 4.78 is 9.43. The Morgan fingerprint density at radius 1 is 1.17 bits per heavy atom. The van der Waals surface area contributed by atoms with Gasteiger partial charge in [0.1, 0.15) is 12.2 Å². The summed E-state index contributed by atoms with van der Waals surface area (Å²) in [5.41, 5.74) is -5.36. The molecule has 2 heterocycles. The molecule has 11 nitrogen and oxygen atoms in total. The summed E-state index contributed by atoms with van der Waals surface area (Å²) >= 11 is 0. The molecule has 2 rings (SSSR count). The molecule has 30 heavy (non-hydrogen) atoms. The molecule has 0 saturated carbocycles. The van der Waals surface area contributed by atoms with Gasteiger partial charge in [0.2, 0.25) is 5.60 Å². The number of hydrogen-bond donors (Lipinski definition) is 4. The lowest BCUT2D eigenvalue weighted by atomic mass is 9.74. The van der Waals surface area contributed by atoms with E-state index in [9.17, 15) is 39.6 Å². The van der Waals surface area contributed by atoms with Crippen LogP contribution >= 0.6 is 0 Å². The van der Waals surface area contributed by atoms with Crippen molar-refractivity contribution >= 4 is 23.3 Å². The fourth-order valence-electron chi connectivity index (χ4n) is 2.87. The molecule has 0 amide bonds. The first-order chi connectivity index (χ1) is 13.8. The van der Waals surface area contributed by atoms with Gasteiger partial charge in [0, 0.05) is 12.4 Å². The van der Waals surface area contributed by atoms with Gasteiger partial charge in [-0.05, 0) is 39.8 Å². The molecule has 11 heteroatoms. The molecule has 1 saturated heterocycles. The van der Waals surface area contributed by atoms with E-state index in [-0.39, 0.29) is 5.97 Å². The highest BCUT2D eigenvalue weighted by atomic mass is 16.7. The largest absolute Gasteiger partial charge is 0.462 e. The maximum Gasteiger partial charge on any atom is 0.339 e. The third kappa shape index (κ3) is 4.60. The van der Waals surface area contributed by atoms with Crippen LogP contribution in [-0.2, 0) is 23.9 Å². The summed E-state index contributed by atoms with van der Waals surface area (Å²) in [6.07, 6.45) is -3.05. The quantitative estimate of drug-likeness (QED) is 0.390. The van der Waals surface area contributed by atoms with Crippen molar-refractivity contribution in [2.45, 2.75) is 57.4 Å². The Bertz CT molecular complexity index is 798. The fourth-order valence-corrected chi connectivity index (χ4v) is 2.87. The van der Waals surface area contributed by atoms with E-state index in [1.54, 1.807) is 25.3 Å². The molecular formula is C19H25NO10. The number of Topliss-reactive ketones (excluding diaryl/α,β-unsaturated/α-hetero) is 3. The minimum atomic E-state index is -2.94. The highest BCUT2D eigenvalue weighted by Crippen LogP contribution is 2.42. The lowest BCUT2D eigenvalue weighted by Crippen LogP contribution is -2.68. The third-order valence-electron chi connectivity index (χ3n) is 4.58. The molecule has 0 spiro atoms. The van der Waals surface area contributed by atoms with Crippen molar-refractivity contribution < 1.29 is 49.1 Å². The van der Waals surface area contributed by atoms with E-state index in [4.69, 9.17) is 4.74 Å². The number of hydrogen-bond acceptors (Lipinski definition) is 11. The van der Waals surface area contributed by atoms with Crippen LogP contribution in [-0.4, -0.2) is 85.0 Å². The Morgan fingerprint density at radius 3 is 2.13 bits per heavy atom. The summed E-state index contributed by atoms with van der Waals surface area (Å²) in [5, 5.41) is 39.6. The molecule has 5 atom stereocenters. The summed E-state index contributed by atoms with van der Waals surface area (Å²) in [4.78, 5) is 49.0. The van der Waals surface area contributed by atoms with Crippen LogP contribution in [0.3, 0.4) is 0 Å². The smallest absolute Gasteiger partial charge is 0.339 e. The van der Waals surface area contributed by atoms with E-state index in [0.29, 0.717) is 12.2 Å². The van der Waals surface area contributed by atoms with Crippen LogP contribution in [0.15, 0.2) is 24.5 Å². The first kappa shape index (κ1) is 25.5. The van der Waals surface area contributed by atoms with E-state index in [0.717, 1.165) is 20.8 Å². The molecule has 1 aromatic rings. The van der Waals surface area contributed by atoms with Crippen LogP contribution in [0.5, 0.6) is 0 Å². The van der Waals surface area contributed by atoms with Crippen LogP contribution < -0.4 is 0 Å². The molecule has 1 fully saturated rings. The second kappa shape index (κ2) is 9.96. The number of pyridine rings is 1. The summed E-state index contributed by atoms with van der Waals surface area (Å²) in [7, 11) is 0. The number of carbonyl (C=O) groups is 4. The van der Waals surface area contributed by atoms with Gasteiger partial charge in [-0.2, -0.15) is 0 Å². The topological polar surface area (TPSA) is 181 Å². The Balaban J connectivity index is 0.000000346. The summed E-state index contributed by atoms with van der Waals surface area (Å²) in [6, 6.07) is 3.37. The van der Waals surface area contributed by atoms with Crippen molar-refractivity contribution in [3.05, 3.63) is 30.1 Å². The molecule has 0 aliphatic carbocycles. The summed E-state index contributed by atoms with van der Waals surface area (Å²) in [6.45, 7) is 4.81. The van der Waals surface area contributed by atoms with Crippen molar-refractivity contribution in [2.75, 3.05) is 6.61 Å². The number of carbonyl (C=O) groups excluding carboxylic acids is 4. The van der Waals surface area contributed by atoms with Crippen molar-refractivity contribution in [1.82, 2.24) is 4.98 Å². The van der Waals surface area contributed by atoms with Gasteiger partial charge < -0.3 is 29.9 Å². The monoisotopic (exact) mass is 427 g/mol. The van der Waals surface area contributed by atoms with E-state index >= 15 is 0 Å². The van der Waals surface area contributed by atoms with Crippen molar-refractivity contribution in [3.8, 4) is 0 Å². The zero-order chi connectivity index (χ0) is 23.3. The second-order valence-electron chi connectivity index (χ2n) is 6.57. The molecule has 4 N–H and O–H groups in total. The zero-order valence-electron chi connectivity index (χ0n) is 16.9. The molecule has 166 valence electrons. The van der Waals surface area contributed by atoms with E-state index in [1.165, 1.54) is 6.20 Å². The average molecular weight is 427 g/mol. The maximum atomic E-state index is 11.6. The lowest BCUT2D eigenvalue weighted by Gasteiger charge is -2.36. The SMILES string of the molecule is CC(=O)C(O)[C@H]1OC(O)[C@@](O)(C(C)=O)[C@@]1(O)C(C)=O.CCOC(=O)c1cccnc1. The number of aromatic nitrogens is 1. The minimum absolute atomic E-state index is 0.319. The Hall–Kier alpha value is -2.57. The Labute approximate surface area is 172 Å². The first-order valence-corrected chi connectivity index (χ1v) is 8.91. The van der Waals surface area contributed by atoms with Crippen molar-refractivity contribution in [2.24, 2.45) is 0 Å². The van der Waals surface area contributed by atoms with E-state index in [1.807, 2.05) is 0 Å². The van der Waals surface area contributed by atoms with Crippen LogP contribution in [0.1, 0.15) is 38.1 Å². The average Bonchev–Trinajstić information content (AvgIpc) is 2.91. The highest BCUT2D eigenvalue weighted by molar-refractivity contribution is 5.99. The van der Waals surface area contributed by atoms with Gasteiger partial charge in [-0.25, -0.2) is 4.79 Å². The predicted molar refractivity (Wildman–Crippen MR) is 99.0 cm³/mol. The molecule has 2 unspecified atom stereocenters. The fraction of sp³-hybridized carbons (Fsp3) is 0.526. The number of esters is 1. The van der Waals surface area contributed by atoms with Crippen LogP contribution in [0.2, 0.25) is 0 Å². The van der Waals surface area contributed by atoms with Crippen LogP contribution in [0.4, 0.5) is 0 Å². The van der Waals surface area contributed by atoms with Crippen LogP contribution in [0, 0.1) is 0 Å². The second-order valence-corrected chi connectivity index (χ2v) is 6.57. The number of aliphatic hydroxyl groups is 4. The molecule has 1 aliphatic rings. The number of ketones is 3. The standard InChI is InChI=1S/C11H16O8.C8H9NO2/c1-4(12)7(15)8-10(17,5(2)13)11(18,6(3)14)9(16)19-8;1-2-11-8(10)7-4-3-5-9-6-7/h7-9,15-18H,1-3H3;3-6H,2H2,1H3/t7?,8-,9?,10-,11+;/m1./s1. The van der Waals surface area contributed by atoms with Gasteiger partial charge in [0.05, 0.1) is 12.2 Å². The Morgan fingerprint density at radius 2 is 1.73 bits per heavy atom. The molecule has 0 aromatic carbocycles. The molecule has 1 aliphatic heterocycles. The normalized spacial score (nSPS) is 28.7. The number of rotatable bonds is 6. The maximum absolute atomic E-state index is 11.6. The van der Waals surface area contributed by atoms with Gasteiger partial charge in [-0.1, -0.05) is 0 Å². The van der Waals surface area contributed by atoms with Gasteiger partial charge in [0.15, 0.2) is 29.2 Å². The van der Waals surface area contributed by atoms with Gasteiger partial charge >= 0.3 is 5.97 Å². The number of nitrogens with zero attached hydrogens (tertiary/aromatic N) is 1. The van der Waals surface area contributed by atoms with E-state index < -0.39 is 47.0 Å². The minimum Gasteiger partial charge on any atom is -0.462 e. The Kier molecular flexibility index (Phi) is 8.45. The highest BCUT2D eigenvalue weighted by Gasteiger charge is 2.72. The first-order valence-electron chi connectivity index (χ1n) is 8.91. The van der Waals surface area contributed by atoms with Crippen LogP contribution in [0.25, 0.3) is 0 Å². The third-order valence-corrected chi connectivity index (χ3v) is 4.58. The number of ether oxygens (including phenoxy) is 2. The van der Waals surface area contributed by atoms with Crippen molar-refractivity contribution in [1.29, 1.82) is 0 Å². The predicted octanol–water partition coefficient (Wildman–Crippen LogP) is -1.45. The van der Waals surface area contributed by atoms with Crippen molar-refractivity contribution in [3.63, 3.8) is 0 Å². The molecular weight excluding hydrogens is 402 g/mol. The zero-order valence-corrected chi connectivity index (χ0v) is 16.9. The molecule has 1 aromatic heterocycles. The van der Waals surface area contributed by atoms with Gasteiger partial charge in [0.25, 0.3) is 0 Å². The lowest BCUT2D eigenvalue weighted by molar-refractivity contribution is -0.197. The van der Waals surface area contributed by atoms with E-state index in [2.05, 4.69) is 9.72 Å². The summed E-state index contributed by atoms with van der Waals surface area (Å²) in [5.74, 6) is -3.42.